The van der Waals surface area contributed by atoms with E-state index in [1.54, 1.807) is 6.20 Å². The highest BCUT2D eigenvalue weighted by Gasteiger charge is 2.19. The molecule has 0 radical (unpaired) electrons. The second-order valence-electron chi connectivity index (χ2n) is 3.72. The molecule has 0 spiro atoms. The Morgan fingerprint density at radius 3 is 3.00 bits per heavy atom. The van der Waals surface area contributed by atoms with Crippen molar-refractivity contribution >= 4 is 17.7 Å². The molecule has 0 bridgehead atoms. The number of rotatable bonds is 2. The number of aromatic nitrogens is 1. The van der Waals surface area contributed by atoms with Gasteiger partial charge >= 0.3 is 0 Å². The Morgan fingerprint density at radius 2 is 2.36 bits per heavy atom. The van der Waals surface area contributed by atoms with E-state index in [0.717, 1.165) is 18.7 Å². The highest BCUT2D eigenvalue weighted by Crippen LogP contribution is 2.18. The van der Waals surface area contributed by atoms with E-state index in [2.05, 4.69) is 29.1 Å². The number of likely N-dealkylation sites (tertiary alicyclic amines) is 1. The van der Waals surface area contributed by atoms with Gasteiger partial charge in [0, 0.05) is 30.8 Å². The fourth-order valence-electron chi connectivity index (χ4n) is 1.63. The highest BCUT2D eigenvalue weighted by atomic mass is 35.5. The summed E-state index contributed by atoms with van der Waals surface area (Å²) < 4.78 is 0. The summed E-state index contributed by atoms with van der Waals surface area (Å²) in [6.45, 7) is 2.29. The molecule has 0 aliphatic carbocycles. The molecule has 1 aromatic rings. The molecule has 2 heterocycles. The maximum atomic E-state index is 5.92. The van der Waals surface area contributed by atoms with Crippen molar-refractivity contribution in [2.24, 2.45) is 5.92 Å². The first-order valence-corrected chi connectivity index (χ1v) is 5.11. The summed E-state index contributed by atoms with van der Waals surface area (Å²) in [6.07, 6.45) is 5.98. The molecule has 14 heavy (non-hydrogen) atoms. The first kappa shape index (κ1) is 9.69. The quantitative estimate of drug-likeness (QED) is 0.694. The fourth-order valence-corrected chi connectivity index (χ4v) is 1.81. The molecule has 1 fully saturated rings. The predicted octanol–water partition coefficient (Wildman–Crippen LogP) is 2.31. The Morgan fingerprint density at radius 1 is 1.57 bits per heavy atom. The minimum atomic E-state index is 0.580. The van der Waals surface area contributed by atoms with Crippen LogP contribution in [0, 0.1) is 5.92 Å². The molecule has 1 saturated heterocycles. The van der Waals surface area contributed by atoms with Gasteiger partial charge in [0.25, 0.3) is 0 Å². The molecule has 74 valence electrons. The molecular weight excluding hydrogens is 196 g/mol. The number of hydrogen-bond acceptors (Lipinski definition) is 2. The van der Waals surface area contributed by atoms with Gasteiger partial charge in [-0.15, -0.1) is 0 Å². The van der Waals surface area contributed by atoms with Crippen molar-refractivity contribution in [1.29, 1.82) is 0 Å². The van der Waals surface area contributed by atoms with E-state index in [0.29, 0.717) is 11.1 Å². The van der Waals surface area contributed by atoms with Gasteiger partial charge in [-0.1, -0.05) is 29.8 Å². The smallest absolute Gasteiger partial charge is 0.136 e. The molecule has 1 aliphatic rings. The molecule has 0 saturated carbocycles. The van der Waals surface area contributed by atoms with E-state index in [-0.39, 0.29) is 0 Å². The Balaban J connectivity index is 2.00. The van der Waals surface area contributed by atoms with Crippen LogP contribution in [0.5, 0.6) is 0 Å². The first-order valence-electron chi connectivity index (χ1n) is 4.73. The molecule has 2 nitrogen and oxygen atoms in total. The standard InChI is InChI=1S/C11H13ClN2/c1-14-7-9(8-14)4-5-10-3-2-6-13-11(10)12/h2-6,9H,7-8H2,1H3/b5-4+. The zero-order chi connectivity index (χ0) is 9.97. The second kappa shape index (κ2) is 4.11. The van der Waals surface area contributed by atoms with Gasteiger partial charge in [0.05, 0.1) is 0 Å². The third-order valence-electron chi connectivity index (χ3n) is 2.43. The van der Waals surface area contributed by atoms with Crippen molar-refractivity contribution in [2.45, 2.75) is 0 Å². The van der Waals surface area contributed by atoms with Gasteiger partial charge in [-0.2, -0.15) is 0 Å². The molecule has 1 aromatic heterocycles. The van der Waals surface area contributed by atoms with E-state index >= 15 is 0 Å². The maximum Gasteiger partial charge on any atom is 0.136 e. The minimum absolute atomic E-state index is 0.580. The van der Waals surface area contributed by atoms with Crippen LogP contribution < -0.4 is 0 Å². The summed E-state index contributed by atoms with van der Waals surface area (Å²) in [5.41, 5.74) is 1.00. The number of hydrogen-bond donors (Lipinski definition) is 0. The Hall–Kier alpha value is -0.860. The van der Waals surface area contributed by atoms with Crippen LogP contribution in [0.2, 0.25) is 5.15 Å². The highest BCUT2D eigenvalue weighted by molar-refractivity contribution is 6.30. The average Bonchev–Trinajstić information content (AvgIpc) is 2.13. The van der Waals surface area contributed by atoms with E-state index < -0.39 is 0 Å². The van der Waals surface area contributed by atoms with Crippen molar-refractivity contribution in [3.8, 4) is 0 Å². The lowest BCUT2D eigenvalue weighted by atomic mass is 10.00. The van der Waals surface area contributed by atoms with Crippen LogP contribution in [0.3, 0.4) is 0 Å². The van der Waals surface area contributed by atoms with Gasteiger partial charge in [-0.25, -0.2) is 4.98 Å². The molecule has 2 rings (SSSR count). The molecule has 0 amide bonds. The van der Waals surface area contributed by atoms with Gasteiger partial charge in [0.2, 0.25) is 0 Å². The van der Waals surface area contributed by atoms with Gasteiger partial charge in [0.15, 0.2) is 0 Å². The summed E-state index contributed by atoms with van der Waals surface area (Å²) in [5.74, 6) is 0.677. The van der Waals surface area contributed by atoms with Crippen molar-refractivity contribution < 1.29 is 0 Å². The molecular formula is C11H13ClN2. The van der Waals surface area contributed by atoms with Crippen molar-refractivity contribution in [3.63, 3.8) is 0 Å². The van der Waals surface area contributed by atoms with Crippen LogP contribution in [-0.4, -0.2) is 30.0 Å². The largest absolute Gasteiger partial charge is 0.305 e. The van der Waals surface area contributed by atoms with E-state index in [9.17, 15) is 0 Å². The Labute approximate surface area is 89.2 Å². The van der Waals surface area contributed by atoms with E-state index in [4.69, 9.17) is 11.6 Å². The van der Waals surface area contributed by atoms with Crippen molar-refractivity contribution in [3.05, 3.63) is 35.1 Å². The maximum absolute atomic E-state index is 5.92. The lowest BCUT2D eigenvalue weighted by Crippen LogP contribution is -2.42. The number of pyridine rings is 1. The molecule has 0 atom stereocenters. The number of nitrogens with zero attached hydrogens (tertiary/aromatic N) is 2. The summed E-state index contributed by atoms with van der Waals surface area (Å²) in [7, 11) is 2.13. The summed E-state index contributed by atoms with van der Waals surface area (Å²) >= 11 is 5.92. The van der Waals surface area contributed by atoms with Crippen LogP contribution in [0.4, 0.5) is 0 Å². The van der Waals surface area contributed by atoms with Gasteiger partial charge in [0.1, 0.15) is 5.15 Å². The topological polar surface area (TPSA) is 16.1 Å². The Bertz CT molecular complexity index is 343. The number of halogens is 1. The third kappa shape index (κ3) is 2.14. The normalized spacial score (nSPS) is 18.7. The fraction of sp³-hybridized carbons (Fsp3) is 0.364. The van der Waals surface area contributed by atoms with E-state index in [1.165, 1.54) is 0 Å². The zero-order valence-electron chi connectivity index (χ0n) is 8.15. The molecule has 0 aromatic carbocycles. The minimum Gasteiger partial charge on any atom is -0.305 e. The van der Waals surface area contributed by atoms with E-state index in [1.807, 2.05) is 12.1 Å². The third-order valence-corrected chi connectivity index (χ3v) is 2.74. The van der Waals surface area contributed by atoms with Crippen LogP contribution in [0.1, 0.15) is 5.56 Å². The van der Waals surface area contributed by atoms with Crippen LogP contribution >= 0.6 is 11.6 Å². The van der Waals surface area contributed by atoms with Crippen molar-refractivity contribution in [1.82, 2.24) is 9.88 Å². The second-order valence-corrected chi connectivity index (χ2v) is 4.08. The molecule has 0 unspecified atom stereocenters. The lowest BCUT2D eigenvalue weighted by Gasteiger charge is -2.34. The van der Waals surface area contributed by atoms with Crippen molar-refractivity contribution in [2.75, 3.05) is 20.1 Å². The summed E-state index contributed by atoms with van der Waals surface area (Å²) in [5, 5.41) is 0.580. The summed E-state index contributed by atoms with van der Waals surface area (Å²) in [4.78, 5) is 6.31. The van der Waals surface area contributed by atoms with Gasteiger partial charge < -0.3 is 4.90 Å². The van der Waals surface area contributed by atoms with Crippen LogP contribution in [-0.2, 0) is 0 Å². The van der Waals surface area contributed by atoms with Crippen LogP contribution in [0.15, 0.2) is 24.4 Å². The lowest BCUT2D eigenvalue weighted by molar-refractivity contribution is 0.170. The SMILES string of the molecule is CN1CC(/C=C/c2cccnc2Cl)C1. The molecule has 3 heteroatoms. The van der Waals surface area contributed by atoms with Crippen LogP contribution in [0.25, 0.3) is 6.08 Å². The summed E-state index contributed by atoms with van der Waals surface area (Å²) in [6, 6.07) is 3.88. The Kier molecular flexibility index (Phi) is 2.85. The predicted molar refractivity (Wildman–Crippen MR) is 59.3 cm³/mol. The average molecular weight is 209 g/mol. The monoisotopic (exact) mass is 208 g/mol. The molecule has 0 N–H and O–H groups in total. The van der Waals surface area contributed by atoms with Gasteiger partial charge in [-0.3, -0.25) is 0 Å². The van der Waals surface area contributed by atoms with Gasteiger partial charge in [-0.05, 0) is 13.1 Å². The molecule has 1 aliphatic heterocycles. The zero-order valence-corrected chi connectivity index (χ0v) is 8.91. The first-order chi connectivity index (χ1) is 6.75.